The minimum atomic E-state index is -4.39. The predicted molar refractivity (Wildman–Crippen MR) is 50.8 cm³/mol. The Bertz CT molecular complexity index is 377. The van der Waals surface area contributed by atoms with Crippen molar-refractivity contribution in [3.05, 3.63) is 35.4 Å². The molecule has 2 atom stereocenters. The van der Waals surface area contributed by atoms with Crippen molar-refractivity contribution in [1.29, 1.82) is 0 Å². The van der Waals surface area contributed by atoms with Gasteiger partial charge in [-0.1, -0.05) is 24.3 Å². The lowest BCUT2D eigenvalue weighted by Gasteiger charge is -2.16. The third-order valence-electron chi connectivity index (χ3n) is 2.75. The molecular weight excluding hydrogens is 221 g/mol. The number of epoxide rings is 1. The molecule has 0 radical (unpaired) electrons. The maximum Gasteiger partial charge on any atom is 0.424 e. The fraction of sp³-hybridized carbons (Fsp3) is 0.455. The summed E-state index contributed by atoms with van der Waals surface area (Å²) < 4.78 is 42.6. The molecule has 88 valence electrons. The first-order valence-electron chi connectivity index (χ1n) is 4.86. The number of ether oxygens (including phenoxy) is 1. The number of hydrogen-bond acceptors (Lipinski definition) is 2. The summed E-state index contributed by atoms with van der Waals surface area (Å²) in [7, 11) is 0. The van der Waals surface area contributed by atoms with Crippen LogP contribution in [0.25, 0.3) is 0 Å². The van der Waals surface area contributed by atoms with Gasteiger partial charge in [-0.25, -0.2) is 0 Å². The van der Waals surface area contributed by atoms with Crippen molar-refractivity contribution in [2.45, 2.75) is 24.8 Å². The molecule has 0 unspecified atom stereocenters. The Kier molecular flexibility index (Phi) is 2.47. The summed E-state index contributed by atoms with van der Waals surface area (Å²) in [6.07, 6.45) is -5.07. The Balaban J connectivity index is 2.29. The Morgan fingerprint density at radius 3 is 2.12 bits per heavy atom. The molecule has 0 bridgehead atoms. The molecule has 1 aliphatic heterocycles. The monoisotopic (exact) mass is 232 g/mol. The van der Waals surface area contributed by atoms with Gasteiger partial charge in [0.25, 0.3) is 0 Å². The molecule has 5 heteroatoms. The Labute approximate surface area is 90.7 Å². The van der Waals surface area contributed by atoms with Gasteiger partial charge in [-0.2, -0.15) is 13.2 Å². The van der Waals surface area contributed by atoms with Gasteiger partial charge in [0, 0.05) is 0 Å². The molecule has 0 spiro atoms. The van der Waals surface area contributed by atoms with Gasteiger partial charge in [0.2, 0.25) is 5.60 Å². The number of aliphatic hydroxyl groups is 1. The highest BCUT2D eigenvalue weighted by atomic mass is 19.4. The minimum absolute atomic E-state index is 0.0874. The topological polar surface area (TPSA) is 32.8 Å². The van der Waals surface area contributed by atoms with E-state index in [0.29, 0.717) is 5.56 Å². The SMILES string of the molecule is C[C@@H](O)c1ccc([C@@]2(C(F)(F)F)CO2)cc1. The van der Waals surface area contributed by atoms with Crippen LogP contribution in [0.5, 0.6) is 0 Å². The molecule has 0 aliphatic carbocycles. The highest BCUT2D eigenvalue weighted by molar-refractivity contribution is 5.32. The van der Waals surface area contributed by atoms with Crippen LogP contribution in [-0.2, 0) is 10.3 Å². The van der Waals surface area contributed by atoms with Crippen molar-refractivity contribution in [3.8, 4) is 0 Å². The summed E-state index contributed by atoms with van der Waals surface area (Å²) in [5, 5.41) is 9.24. The van der Waals surface area contributed by atoms with E-state index in [1.165, 1.54) is 24.3 Å². The number of aliphatic hydroxyl groups excluding tert-OH is 1. The van der Waals surface area contributed by atoms with Gasteiger partial charge >= 0.3 is 6.18 Å². The minimum Gasteiger partial charge on any atom is -0.389 e. The Hall–Kier alpha value is -1.07. The highest BCUT2D eigenvalue weighted by Gasteiger charge is 2.67. The van der Waals surface area contributed by atoms with Crippen molar-refractivity contribution in [1.82, 2.24) is 0 Å². The molecule has 2 rings (SSSR count). The first-order chi connectivity index (χ1) is 7.37. The molecule has 0 amide bonds. The third kappa shape index (κ3) is 1.70. The zero-order valence-electron chi connectivity index (χ0n) is 8.58. The van der Waals surface area contributed by atoms with E-state index in [2.05, 4.69) is 4.74 Å². The van der Waals surface area contributed by atoms with E-state index in [0.717, 1.165) is 0 Å². The first-order valence-corrected chi connectivity index (χ1v) is 4.86. The molecule has 1 aromatic rings. The molecule has 1 heterocycles. The Morgan fingerprint density at radius 2 is 1.81 bits per heavy atom. The molecule has 1 N–H and O–H groups in total. The van der Waals surface area contributed by atoms with Crippen molar-refractivity contribution >= 4 is 0 Å². The third-order valence-corrected chi connectivity index (χ3v) is 2.75. The lowest BCUT2D eigenvalue weighted by Crippen LogP contribution is -2.30. The second-order valence-electron chi connectivity index (χ2n) is 3.91. The average molecular weight is 232 g/mol. The predicted octanol–water partition coefficient (Wildman–Crippen LogP) is 2.53. The van der Waals surface area contributed by atoms with Crippen molar-refractivity contribution in [2.75, 3.05) is 6.61 Å². The molecule has 1 aromatic carbocycles. The number of alkyl halides is 3. The Morgan fingerprint density at radius 1 is 1.31 bits per heavy atom. The van der Waals surface area contributed by atoms with E-state index in [-0.39, 0.29) is 12.2 Å². The fourth-order valence-electron chi connectivity index (χ4n) is 1.60. The van der Waals surface area contributed by atoms with Crippen LogP contribution in [0.15, 0.2) is 24.3 Å². The van der Waals surface area contributed by atoms with Gasteiger partial charge in [-0.15, -0.1) is 0 Å². The zero-order chi connectivity index (χ0) is 12.0. The maximum absolute atomic E-state index is 12.7. The van der Waals surface area contributed by atoms with E-state index in [1.807, 2.05) is 0 Å². The number of halogens is 3. The van der Waals surface area contributed by atoms with Crippen LogP contribution in [0.2, 0.25) is 0 Å². The summed E-state index contributed by atoms with van der Waals surface area (Å²) in [6, 6.07) is 5.66. The normalized spacial score (nSPS) is 26.6. The van der Waals surface area contributed by atoms with Gasteiger partial charge in [-0.3, -0.25) is 0 Å². The molecule has 16 heavy (non-hydrogen) atoms. The second kappa shape index (κ2) is 3.46. The average Bonchev–Trinajstić information content (AvgIpc) is 2.97. The van der Waals surface area contributed by atoms with Crippen LogP contribution in [-0.4, -0.2) is 17.9 Å². The van der Waals surface area contributed by atoms with Gasteiger partial charge in [0.05, 0.1) is 12.7 Å². The first kappa shape index (κ1) is 11.4. The smallest absolute Gasteiger partial charge is 0.389 e. The van der Waals surface area contributed by atoms with Gasteiger partial charge in [-0.05, 0) is 18.1 Å². The summed E-state index contributed by atoms with van der Waals surface area (Å²) in [4.78, 5) is 0. The summed E-state index contributed by atoms with van der Waals surface area (Å²) in [5.41, 5.74) is -1.45. The van der Waals surface area contributed by atoms with Crippen LogP contribution in [0, 0.1) is 0 Å². The molecule has 2 nitrogen and oxygen atoms in total. The van der Waals surface area contributed by atoms with Crippen LogP contribution in [0.3, 0.4) is 0 Å². The molecular formula is C11H11F3O2. The zero-order valence-corrected chi connectivity index (χ0v) is 8.58. The van der Waals surface area contributed by atoms with E-state index in [9.17, 15) is 18.3 Å². The number of rotatable bonds is 2. The van der Waals surface area contributed by atoms with Crippen LogP contribution >= 0.6 is 0 Å². The van der Waals surface area contributed by atoms with Crippen LogP contribution in [0.4, 0.5) is 13.2 Å². The van der Waals surface area contributed by atoms with E-state index in [1.54, 1.807) is 6.92 Å². The largest absolute Gasteiger partial charge is 0.424 e. The van der Waals surface area contributed by atoms with Gasteiger partial charge in [0.1, 0.15) is 0 Å². The van der Waals surface area contributed by atoms with Crippen molar-refractivity contribution < 1.29 is 23.0 Å². The fourth-order valence-corrected chi connectivity index (χ4v) is 1.60. The van der Waals surface area contributed by atoms with Crippen LogP contribution < -0.4 is 0 Å². The van der Waals surface area contributed by atoms with Crippen molar-refractivity contribution in [2.24, 2.45) is 0 Å². The maximum atomic E-state index is 12.7. The standard InChI is InChI=1S/C11H11F3O2/c1-7(15)8-2-4-9(5-3-8)10(6-16-10)11(12,13)14/h2-5,7,15H,6H2,1H3/t7-,10-/m1/s1. The van der Waals surface area contributed by atoms with Gasteiger partial charge in [0.15, 0.2) is 0 Å². The van der Waals surface area contributed by atoms with E-state index >= 15 is 0 Å². The highest BCUT2D eigenvalue weighted by Crippen LogP contribution is 2.51. The summed E-state index contributed by atoms with van der Waals surface area (Å²) in [6.45, 7) is 1.23. The van der Waals surface area contributed by atoms with E-state index in [4.69, 9.17) is 0 Å². The summed E-state index contributed by atoms with van der Waals surface area (Å²) >= 11 is 0. The molecule has 1 fully saturated rings. The molecule has 0 saturated carbocycles. The lowest BCUT2D eigenvalue weighted by atomic mass is 9.97. The van der Waals surface area contributed by atoms with Crippen molar-refractivity contribution in [3.63, 3.8) is 0 Å². The van der Waals surface area contributed by atoms with E-state index < -0.39 is 17.9 Å². The molecule has 1 aliphatic rings. The second-order valence-corrected chi connectivity index (χ2v) is 3.91. The quantitative estimate of drug-likeness (QED) is 0.795. The lowest BCUT2D eigenvalue weighted by molar-refractivity contribution is -0.187. The number of hydrogen-bond donors (Lipinski definition) is 1. The van der Waals surface area contributed by atoms with Gasteiger partial charge < -0.3 is 9.84 Å². The number of benzene rings is 1. The summed E-state index contributed by atoms with van der Waals surface area (Å²) in [5.74, 6) is 0. The van der Waals surface area contributed by atoms with Crippen LogP contribution in [0.1, 0.15) is 24.2 Å². The molecule has 1 saturated heterocycles. The molecule has 0 aromatic heterocycles.